The van der Waals surface area contributed by atoms with Crippen molar-refractivity contribution in [2.45, 2.75) is 13.3 Å². The minimum atomic E-state index is 0.537. The van der Waals surface area contributed by atoms with Crippen LogP contribution >= 0.6 is 0 Å². The zero-order valence-electron chi connectivity index (χ0n) is 5.20. The van der Waals surface area contributed by atoms with E-state index in [0.29, 0.717) is 5.92 Å². The number of hydrogen-bond donors (Lipinski definition) is 2. The van der Waals surface area contributed by atoms with Gasteiger partial charge in [-0.1, -0.05) is 0 Å². The first-order chi connectivity index (χ1) is 3.80. The molecule has 0 radical (unpaired) electrons. The zero-order chi connectivity index (χ0) is 5.98. The van der Waals surface area contributed by atoms with E-state index in [1.165, 1.54) is 0 Å². The molecule has 8 heavy (non-hydrogen) atoms. The van der Waals surface area contributed by atoms with Gasteiger partial charge in [-0.25, -0.2) is 0 Å². The van der Waals surface area contributed by atoms with Crippen LogP contribution in [0.15, 0.2) is 0 Å². The number of nitrogens with one attached hydrogen (secondary N) is 2. The van der Waals surface area contributed by atoms with Crippen molar-refractivity contribution in [2.24, 2.45) is 5.92 Å². The van der Waals surface area contributed by atoms with Gasteiger partial charge in [0.05, 0.1) is 0 Å². The highest BCUT2D eigenvalue weighted by Gasteiger charge is 2.14. The van der Waals surface area contributed by atoms with Crippen molar-refractivity contribution >= 4 is 5.71 Å². The lowest BCUT2D eigenvalue weighted by Crippen LogP contribution is -2.13. The molecule has 1 fully saturated rings. The maximum Gasteiger partial charge on any atom is 0.0102 e. The Morgan fingerprint density at radius 1 is 1.75 bits per heavy atom. The average Bonchev–Trinajstić information content (AvgIpc) is 2.12. The topological polar surface area (TPSA) is 35.9 Å². The van der Waals surface area contributed by atoms with E-state index in [0.717, 1.165) is 25.2 Å². The van der Waals surface area contributed by atoms with Crippen LogP contribution in [0.5, 0.6) is 0 Å². The first-order valence-corrected chi connectivity index (χ1v) is 3.06. The van der Waals surface area contributed by atoms with Crippen molar-refractivity contribution in [3.63, 3.8) is 0 Å². The lowest BCUT2D eigenvalue weighted by molar-refractivity contribution is 0.763. The molecule has 1 rings (SSSR count). The molecular formula is C6H12N2. The molecule has 0 amide bonds. The van der Waals surface area contributed by atoms with Crippen molar-refractivity contribution in [2.75, 3.05) is 13.1 Å². The molecule has 1 aliphatic rings. The van der Waals surface area contributed by atoms with Gasteiger partial charge in [-0.05, 0) is 19.9 Å². The van der Waals surface area contributed by atoms with Gasteiger partial charge in [0.15, 0.2) is 0 Å². The zero-order valence-corrected chi connectivity index (χ0v) is 5.20. The summed E-state index contributed by atoms with van der Waals surface area (Å²) in [6.45, 7) is 4.01. The maximum absolute atomic E-state index is 7.25. The van der Waals surface area contributed by atoms with Crippen LogP contribution in [0.4, 0.5) is 0 Å². The predicted octanol–water partition coefficient (Wildman–Crippen LogP) is 0.636. The summed E-state index contributed by atoms with van der Waals surface area (Å²) in [6.07, 6.45) is 1.16. The van der Waals surface area contributed by atoms with Crippen LogP contribution in [0, 0.1) is 11.3 Å². The highest BCUT2D eigenvalue weighted by atomic mass is 14.9. The largest absolute Gasteiger partial charge is 0.316 e. The van der Waals surface area contributed by atoms with Gasteiger partial charge >= 0.3 is 0 Å². The maximum atomic E-state index is 7.25. The van der Waals surface area contributed by atoms with Crippen LogP contribution in [0.3, 0.4) is 0 Å². The van der Waals surface area contributed by atoms with Crippen molar-refractivity contribution < 1.29 is 0 Å². The van der Waals surface area contributed by atoms with Crippen LogP contribution in [-0.2, 0) is 0 Å². The van der Waals surface area contributed by atoms with Gasteiger partial charge in [-0.15, -0.1) is 0 Å². The van der Waals surface area contributed by atoms with E-state index >= 15 is 0 Å². The molecule has 2 heteroatoms. The van der Waals surface area contributed by atoms with Crippen molar-refractivity contribution in [3.05, 3.63) is 0 Å². The summed E-state index contributed by atoms with van der Waals surface area (Å²) in [4.78, 5) is 0. The SMILES string of the molecule is CC(=N)C1CCNC1. The average molecular weight is 112 g/mol. The first kappa shape index (κ1) is 5.76. The Balaban J connectivity index is 2.35. The second-order valence-electron chi connectivity index (χ2n) is 2.37. The molecule has 1 unspecified atom stereocenters. The summed E-state index contributed by atoms with van der Waals surface area (Å²) in [5, 5.41) is 10.5. The highest BCUT2D eigenvalue weighted by Crippen LogP contribution is 2.07. The molecule has 0 aromatic carbocycles. The summed E-state index contributed by atoms with van der Waals surface area (Å²) in [5.41, 5.74) is 0.829. The molecular weight excluding hydrogens is 100 g/mol. The van der Waals surface area contributed by atoms with Crippen LogP contribution in [0.2, 0.25) is 0 Å². The fourth-order valence-electron chi connectivity index (χ4n) is 1.02. The monoisotopic (exact) mass is 112 g/mol. The Labute approximate surface area is 49.8 Å². The molecule has 1 heterocycles. The lowest BCUT2D eigenvalue weighted by Gasteiger charge is -2.02. The summed E-state index contributed by atoms with van der Waals surface area (Å²) in [5.74, 6) is 0.537. The second kappa shape index (κ2) is 2.27. The quantitative estimate of drug-likeness (QED) is 0.480. The highest BCUT2D eigenvalue weighted by molar-refractivity contribution is 5.81. The smallest absolute Gasteiger partial charge is 0.0102 e. The summed E-state index contributed by atoms with van der Waals surface area (Å²) >= 11 is 0. The van der Waals surface area contributed by atoms with E-state index in [1.807, 2.05) is 6.92 Å². The minimum Gasteiger partial charge on any atom is -0.316 e. The van der Waals surface area contributed by atoms with Gasteiger partial charge < -0.3 is 10.7 Å². The van der Waals surface area contributed by atoms with Gasteiger partial charge in [-0.3, -0.25) is 0 Å². The van der Waals surface area contributed by atoms with Gasteiger partial charge in [0, 0.05) is 18.2 Å². The van der Waals surface area contributed by atoms with Gasteiger partial charge in [0.2, 0.25) is 0 Å². The lowest BCUT2D eigenvalue weighted by atomic mass is 10.1. The number of rotatable bonds is 1. The molecule has 0 aromatic heterocycles. The van der Waals surface area contributed by atoms with Crippen LogP contribution in [-0.4, -0.2) is 18.8 Å². The van der Waals surface area contributed by atoms with Gasteiger partial charge in [0.25, 0.3) is 0 Å². The van der Waals surface area contributed by atoms with Crippen LogP contribution in [0.1, 0.15) is 13.3 Å². The molecule has 0 spiro atoms. The second-order valence-corrected chi connectivity index (χ2v) is 2.37. The van der Waals surface area contributed by atoms with E-state index in [4.69, 9.17) is 5.41 Å². The van der Waals surface area contributed by atoms with E-state index in [2.05, 4.69) is 5.32 Å². The normalized spacial score (nSPS) is 28.4. The minimum absolute atomic E-state index is 0.537. The third-order valence-corrected chi connectivity index (χ3v) is 1.67. The third kappa shape index (κ3) is 1.07. The molecule has 0 saturated carbocycles. The molecule has 0 bridgehead atoms. The van der Waals surface area contributed by atoms with Gasteiger partial charge in [0.1, 0.15) is 0 Å². The van der Waals surface area contributed by atoms with Crippen molar-refractivity contribution in [1.82, 2.24) is 5.32 Å². The van der Waals surface area contributed by atoms with Crippen LogP contribution in [0.25, 0.3) is 0 Å². The molecule has 1 atom stereocenters. The molecule has 46 valence electrons. The Hall–Kier alpha value is -0.370. The standard InChI is InChI=1S/C6H12N2/c1-5(7)6-2-3-8-4-6/h6-8H,2-4H2,1H3. The molecule has 1 saturated heterocycles. The van der Waals surface area contributed by atoms with Crippen molar-refractivity contribution in [1.29, 1.82) is 5.41 Å². The van der Waals surface area contributed by atoms with Crippen LogP contribution < -0.4 is 5.32 Å². The molecule has 2 N–H and O–H groups in total. The fourth-order valence-corrected chi connectivity index (χ4v) is 1.02. The summed E-state index contributed by atoms with van der Waals surface area (Å²) in [7, 11) is 0. The predicted molar refractivity (Wildman–Crippen MR) is 34.4 cm³/mol. The summed E-state index contributed by atoms with van der Waals surface area (Å²) in [6, 6.07) is 0. The fraction of sp³-hybridized carbons (Fsp3) is 0.833. The third-order valence-electron chi connectivity index (χ3n) is 1.67. The first-order valence-electron chi connectivity index (χ1n) is 3.06. The Morgan fingerprint density at radius 2 is 2.50 bits per heavy atom. The Bertz CT molecular complexity index is 92.7. The molecule has 0 aromatic rings. The van der Waals surface area contributed by atoms with Crippen molar-refractivity contribution in [3.8, 4) is 0 Å². The van der Waals surface area contributed by atoms with E-state index in [-0.39, 0.29) is 0 Å². The molecule has 1 aliphatic heterocycles. The Morgan fingerprint density at radius 3 is 2.75 bits per heavy atom. The Kier molecular flexibility index (Phi) is 1.63. The molecule has 0 aliphatic carbocycles. The van der Waals surface area contributed by atoms with E-state index < -0.39 is 0 Å². The summed E-state index contributed by atoms with van der Waals surface area (Å²) < 4.78 is 0. The van der Waals surface area contributed by atoms with Gasteiger partial charge in [-0.2, -0.15) is 0 Å². The number of hydrogen-bond acceptors (Lipinski definition) is 2. The van der Waals surface area contributed by atoms with E-state index in [1.54, 1.807) is 0 Å². The van der Waals surface area contributed by atoms with E-state index in [9.17, 15) is 0 Å². The molecule has 2 nitrogen and oxygen atoms in total.